The summed E-state index contributed by atoms with van der Waals surface area (Å²) >= 11 is 4.85. The Hall–Kier alpha value is -0.430. The van der Waals surface area contributed by atoms with Crippen molar-refractivity contribution in [3.63, 3.8) is 0 Å². The molecule has 6 heteroatoms. The maximum absolute atomic E-state index is 9.86. The summed E-state index contributed by atoms with van der Waals surface area (Å²) in [6, 6.07) is 3.93. The molecule has 0 aliphatic heterocycles. The number of thioether (sulfide) groups is 1. The zero-order valence-electron chi connectivity index (χ0n) is 8.79. The van der Waals surface area contributed by atoms with E-state index < -0.39 is 0 Å². The van der Waals surface area contributed by atoms with Crippen LogP contribution in [0.25, 0.3) is 0 Å². The largest absolute Gasteiger partial charge is 0.388 e. The highest BCUT2D eigenvalue weighted by atomic mass is 32.2. The van der Waals surface area contributed by atoms with E-state index in [2.05, 4.69) is 10.2 Å². The van der Waals surface area contributed by atoms with Gasteiger partial charge in [0.1, 0.15) is 5.01 Å². The zero-order chi connectivity index (χ0) is 11.4. The molecular formula is C10H12N2OS3. The van der Waals surface area contributed by atoms with E-state index in [9.17, 15) is 5.11 Å². The lowest BCUT2D eigenvalue weighted by Gasteiger charge is -2.06. The molecule has 1 N–H and O–H groups in total. The van der Waals surface area contributed by atoms with Crippen LogP contribution in [0.5, 0.6) is 0 Å². The minimum Gasteiger partial charge on any atom is -0.388 e. The van der Waals surface area contributed by atoms with Crippen LogP contribution in [0, 0.1) is 6.92 Å². The maximum Gasteiger partial charge on any atom is 0.174 e. The molecular weight excluding hydrogens is 260 g/mol. The van der Waals surface area contributed by atoms with Gasteiger partial charge >= 0.3 is 0 Å². The highest BCUT2D eigenvalue weighted by Gasteiger charge is 2.09. The summed E-state index contributed by atoms with van der Waals surface area (Å²) in [5.41, 5.74) is 0. The van der Waals surface area contributed by atoms with Crippen LogP contribution >= 0.6 is 34.4 Å². The number of hydrogen-bond donors (Lipinski definition) is 1. The predicted molar refractivity (Wildman–Crippen MR) is 69.3 cm³/mol. The summed E-state index contributed by atoms with van der Waals surface area (Å²) < 4.78 is 0.982. The van der Waals surface area contributed by atoms with Crippen LogP contribution in [0.15, 0.2) is 21.9 Å². The van der Waals surface area contributed by atoms with Crippen LogP contribution in [0.1, 0.15) is 22.4 Å². The third-order valence-electron chi connectivity index (χ3n) is 2.00. The lowest BCUT2D eigenvalue weighted by molar-refractivity contribution is 0.179. The first kappa shape index (κ1) is 12.0. The van der Waals surface area contributed by atoms with E-state index in [1.54, 1.807) is 34.4 Å². The molecule has 2 aromatic rings. The summed E-state index contributed by atoms with van der Waals surface area (Å²) in [6.07, 6.45) is 0.408. The van der Waals surface area contributed by atoms with Crippen LogP contribution in [0.3, 0.4) is 0 Å². The molecule has 86 valence electrons. The summed E-state index contributed by atoms with van der Waals surface area (Å²) in [7, 11) is 0. The van der Waals surface area contributed by atoms with Crippen molar-refractivity contribution < 1.29 is 5.11 Å². The smallest absolute Gasteiger partial charge is 0.174 e. The molecule has 0 aromatic carbocycles. The topological polar surface area (TPSA) is 46.0 Å². The molecule has 0 aliphatic rings. The van der Waals surface area contributed by atoms with Gasteiger partial charge in [0.05, 0.1) is 6.10 Å². The Kier molecular flexibility index (Phi) is 4.34. The van der Waals surface area contributed by atoms with E-state index in [-0.39, 0.29) is 6.10 Å². The van der Waals surface area contributed by atoms with E-state index in [4.69, 9.17) is 0 Å². The monoisotopic (exact) mass is 272 g/mol. The molecule has 2 heterocycles. The van der Waals surface area contributed by atoms with Gasteiger partial charge in [0.2, 0.25) is 0 Å². The fourth-order valence-corrected chi connectivity index (χ4v) is 3.84. The number of rotatable bonds is 5. The molecule has 0 spiro atoms. The van der Waals surface area contributed by atoms with Crippen LogP contribution in [-0.2, 0) is 0 Å². The molecule has 0 bridgehead atoms. The molecule has 0 unspecified atom stereocenters. The molecule has 0 radical (unpaired) electrons. The summed E-state index contributed by atoms with van der Waals surface area (Å²) in [4.78, 5) is 1.04. The molecule has 3 nitrogen and oxygen atoms in total. The molecule has 0 saturated heterocycles. The first-order chi connectivity index (χ1) is 7.75. The number of thiophene rings is 1. The Morgan fingerprint density at radius 2 is 2.38 bits per heavy atom. The van der Waals surface area contributed by atoms with E-state index in [1.807, 2.05) is 24.4 Å². The van der Waals surface area contributed by atoms with Crippen molar-refractivity contribution in [1.29, 1.82) is 0 Å². The Bertz CT molecular complexity index is 427. The third-order valence-corrected chi connectivity index (χ3v) is 4.97. The van der Waals surface area contributed by atoms with Crippen molar-refractivity contribution in [3.05, 3.63) is 27.4 Å². The first-order valence-electron chi connectivity index (χ1n) is 4.90. The average Bonchev–Trinajstić information content (AvgIpc) is 2.89. The van der Waals surface area contributed by atoms with Crippen LogP contribution in [-0.4, -0.2) is 21.1 Å². The van der Waals surface area contributed by atoms with Gasteiger partial charge in [0.15, 0.2) is 4.34 Å². The lowest BCUT2D eigenvalue weighted by Crippen LogP contribution is -1.95. The number of aliphatic hydroxyl groups is 1. The van der Waals surface area contributed by atoms with Crippen LogP contribution in [0.2, 0.25) is 0 Å². The van der Waals surface area contributed by atoms with Gasteiger partial charge in [0, 0.05) is 10.6 Å². The molecule has 1 atom stereocenters. The molecule has 0 saturated carbocycles. The standard InChI is InChI=1S/C10H12N2OS3/c1-7-11-12-10(16-7)15-6-4-8(13)9-3-2-5-14-9/h2-3,5,8,13H,4,6H2,1H3/t8-/m0/s1. The highest BCUT2D eigenvalue weighted by Crippen LogP contribution is 2.27. The quantitative estimate of drug-likeness (QED) is 0.849. The van der Waals surface area contributed by atoms with Crippen molar-refractivity contribution in [2.75, 3.05) is 5.75 Å². The van der Waals surface area contributed by atoms with Gasteiger partial charge in [-0.3, -0.25) is 0 Å². The number of aryl methyl sites for hydroxylation is 1. The van der Waals surface area contributed by atoms with Gasteiger partial charge in [-0.15, -0.1) is 21.5 Å². The Balaban J connectivity index is 1.76. The van der Waals surface area contributed by atoms with E-state index >= 15 is 0 Å². The van der Waals surface area contributed by atoms with E-state index in [1.165, 1.54) is 0 Å². The Morgan fingerprint density at radius 3 is 3.00 bits per heavy atom. The molecule has 0 fully saturated rings. The van der Waals surface area contributed by atoms with Gasteiger partial charge in [0.25, 0.3) is 0 Å². The SMILES string of the molecule is Cc1nnc(SCC[C@H](O)c2cccs2)s1. The second-order valence-corrected chi connectivity index (χ2v) is 6.76. The fourth-order valence-electron chi connectivity index (χ4n) is 1.22. The number of hydrogen-bond acceptors (Lipinski definition) is 6. The second kappa shape index (κ2) is 5.77. The molecule has 2 rings (SSSR count). The average molecular weight is 272 g/mol. The van der Waals surface area contributed by atoms with Crippen LogP contribution in [0.4, 0.5) is 0 Å². The van der Waals surface area contributed by atoms with E-state index in [0.717, 1.165) is 26.4 Å². The second-order valence-electron chi connectivity index (χ2n) is 3.26. The van der Waals surface area contributed by atoms with Gasteiger partial charge in [-0.2, -0.15) is 0 Å². The molecule has 16 heavy (non-hydrogen) atoms. The minimum absolute atomic E-state index is 0.346. The lowest BCUT2D eigenvalue weighted by atomic mass is 10.2. The summed E-state index contributed by atoms with van der Waals surface area (Å²) in [6.45, 7) is 1.95. The van der Waals surface area contributed by atoms with Gasteiger partial charge < -0.3 is 5.11 Å². The molecule has 0 aliphatic carbocycles. The van der Waals surface area contributed by atoms with Crippen molar-refractivity contribution in [3.8, 4) is 0 Å². The predicted octanol–water partition coefficient (Wildman–Crippen LogP) is 3.12. The van der Waals surface area contributed by atoms with Crippen LogP contribution < -0.4 is 0 Å². The van der Waals surface area contributed by atoms with Gasteiger partial charge in [-0.05, 0) is 24.8 Å². The fraction of sp³-hybridized carbons (Fsp3) is 0.400. The molecule has 0 amide bonds. The van der Waals surface area contributed by atoms with Gasteiger partial charge in [-0.1, -0.05) is 29.2 Å². The summed E-state index contributed by atoms with van der Waals surface area (Å²) in [5, 5.41) is 20.8. The normalized spacial score (nSPS) is 12.9. The van der Waals surface area contributed by atoms with Gasteiger partial charge in [-0.25, -0.2) is 0 Å². The molecule has 2 aromatic heterocycles. The van der Waals surface area contributed by atoms with E-state index in [0.29, 0.717) is 0 Å². The number of aromatic nitrogens is 2. The number of aliphatic hydroxyl groups excluding tert-OH is 1. The van der Waals surface area contributed by atoms with Crippen molar-refractivity contribution in [2.45, 2.75) is 23.8 Å². The minimum atomic E-state index is -0.346. The maximum atomic E-state index is 9.86. The number of nitrogens with zero attached hydrogens (tertiary/aromatic N) is 2. The van der Waals surface area contributed by atoms with Crippen molar-refractivity contribution >= 4 is 34.4 Å². The van der Waals surface area contributed by atoms with Crippen molar-refractivity contribution in [2.24, 2.45) is 0 Å². The highest BCUT2D eigenvalue weighted by molar-refractivity contribution is 8.01. The summed E-state index contributed by atoms with van der Waals surface area (Å²) in [5.74, 6) is 0.869. The zero-order valence-corrected chi connectivity index (χ0v) is 11.2. The van der Waals surface area contributed by atoms with Crippen molar-refractivity contribution in [1.82, 2.24) is 10.2 Å². The Labute approximate surface area is 107 Å². The Morgan fingerprint density at radius 1 is 1.50 bits per heavy atom. The third kappa shape index (κ3) is 3.28. The first-order valence-corrected chi connectivity index (χ1v) is 7.58.